The zero-order valence-corrected chi connectivity index (χ0v) is 12.5. The molecule has 0 saturated heterocycles. The summed E-state index contributed by atoms with van der Waals surface area (Å²) in [5.41, 5.74) is 6.09. The Morgan fingerprint density at radius 2 is 2.11 bits per heavy atom. The molecule has 1 aromatic carbocycles. The van der Waals surface area contributed by atoms with Gasteiger partial charge >= 0.3 is 0 Å². The molecule has 0 aliphatic heterocycles. The van der Waals surface area contributed by atoms with Crippen LogP contribution in [0.2, 0.25) is 5.02 Å². The second kappa shape index (κ2) is 5.31. The van der Waals surface area contributed by atoms with Gasteiger partial charge in [-0.1, -0.05) is 24.9 Å². The number of nitrogen functional groups attached to an aromatic ring is 1. The van der Waals surface area contributed by atoms with Gasteiger partial charge in [-0.05, 0) is 42.9 Å². The number of halogens is 1. The van der Waals surface area contributed by atoms with E-state index in [-0.39, 0.29) is 16.0 Å². The summed E-state index contributed by atoms with van der Waals surface area (Å²) in [6, 6.07) is 4.37. The molecule has 1 aliphatic rings. The highest BCUT2D eigenvalue weighted by molar-refractivity contribution is 7.89. The summed E-state index contributed by atoms with van der Waals surface area (Å²) in [6.07, 6.45) is 4.35. The van der Waals surface area contributed by atoms with Crippen LogP contribution in [0, 0.1) is 5.41 Å². The Morgan fingerprint density at radius 1 is 1.42 bits per heavy atom. The maximum atomic E-state index is 12.2. The first-order valence-corrected chi connectivity index (χ1v) is 8.29. The Labute approximate surface area is 119 Å². The van der Waals surface area contributed by atoms with Crippen LogP contribution in [0.25, 0.3) is 0 Å². The van der Waals surface area contributed by atoms with Crippen LogP contribution >= 0.6 is 11.6 Å². The van der Waals surface area contributed by atoms with Gasteiger partial charge in [0.05, 0.1) is 15.6 Å². The lowest BCUT2D eigenvalue weighted by Gasteiger charge is -2.15. The quantitative estimate of drug-likeness (QED) is 0.794. The first kappa shape index (κ1) is 14.6. The van der Waals surface area contributed by atoms with Crippen molar-refractivity contribution in [2.24, 2.45) is 5.41 Å². The average Bonchev–Trinajstić information content (AvgIpc) is 3.11. The van der Waals surface area contributed by atoms with Gasteiger partial charge in [0.15, 0.2) is 0 Å². The largest absolute Gasteiger partial charge is 0.397 e. The highest BCUT2D eigenvalue weighted by Gasteiger charge is 2.42. The minimum Gasteiger partial charge on any atom is -0.397 e. The van der Waals surface area contributed by atoms with E-state index in [0.29, 0.717) is 11.6 Å². The van der Waals surface area contributed by atoms with Gasteiger partial charge in [-0.25, -0.2) is 13.1 Å². The molecule has 4 nitrogen and oxygen atoms in total. The maximum Gasteiger partial charge on any atom is 0.240 e. The molecular weight excluding hydrogens is 284 g/mol. The van der Waals surface area contributed by atoms with Crippen molar-refractivity contribution >= 4 is 27.3 Å². The van der Waals surface area contributed by atoms with Gasteiger partial charge in [0.25, 0.3) is 0 Å². The van der Waals surface area contributed by atoms with Crippen molar-refractivity contribution in [3.8, 4) is 0 Å². The normalized spacial score (nSPS) is 17.4. The van der Waals surface area contributed by atoms with Crippen molar-refractivity contribution in [1.29, 1.82) is 0 Å². The molecule has 6 heteroatoms. The second-order valence-corrected chi connectivity index (χ2v) is 7.43. The topological polar surface area (TPSA) is 72.2 Å². The predicted molar refractivity (Wildman–Crippen MR) is 77.6 cm³/mol. The highest BCUT2D eigenvalue weighted by Crippen LogP contribution is 2.49. The molecule has 106 valence electrons. The third-order valence-corrected chi connectivity index (χ3v) is 5.40. The van der Waals surface area contributed by atoms with Crippen molar-refractivity contribution in [3.63, 3.8) is 0 Å². The first-order valence-electron chi connectivity index (χ1n) is 6.43. The van der Waals surface area contributed by atoms with Gasteiger partial charge in [0, 0.05) is 6.54 Å². The lowest BCUT2D eigenvalue weighted by atomic mass is 10.0. The molecular formula is C13H19ClN2O2S. The van der Waals surface area contributed by atoms with E-state index in [4.69, 9.17) is 17.3 Å². The third-order valence-electron chi connectivity index (χ3n) is 3.65. The SMILES string of the molecule is CCCC1(CNS(=O)(=O)c2ccc(Cl)c(N)c2)CC1. The van der Waals surface area contributed by atoms with Gasteiger partial charge in [-0.3, -0.25) is 0 Å². The molecule has 2 rings (SSSR count). The minimum absolute atomic E-state index is 0.168. The lowest BCUT2D eigenvalue weighted by Crippen LogP contribution is -2.30. The first-order chi connectivity index (χ1) is 8.88. The molecule has 0 radical (unpaired) electrons. The average molecular weight is 303 g/mol. The van der Waals surface area contributed by atoms with Crippen molar-refractivity contribution in [3.05, 3.63) is 23.2 Å². The van der Waals surface area contributed by atoms with E-state index in [2.05, 4.69) is 11.6 Å². The van der Waals surface area contributed by atoms with Crippen LogP contribution in [0.15, 0.2) is 23.1 Å². The van der Waals surface area contributed by atoms with E-state index in [1.807, 2.05) is 0 Å². The van der Waals surface area contributed by atoms with Gasteiger partial charge in [0.1, 0.15) is 0 Å². The summed E-state index contributed by atoms with van der Waals surface area (Å²) >= 11 is 5.79. The Balaban J connectivity index is 2.08. The summed E-state index contributed by atoms with van der Waals surface area (Å²) in [5.74, 6) is 0. The van der Waals surface area contributed by atoms with Crippen LogP contribution in [-0.4, -0.2) is 15.0 Å². The molecule has 19 heavy (non-hydrogen) atoms. The molecule has 1 saturated carbocycles. The van der Waals surface area contributed by atoms with Crippen molar-refractivity contribution in [2.45, 2.75) is 37.5 Å². The molecule has 0 atom stereocenters. The summed E-state index contributed by atoms with van der Waals surface area (Å²) in [5, 5.41) is 0.364. The third kappa shape index (κ3) is 3.41. The molecule has 3 N–H and O–H groups in total. The minimum atomic E-state index is -3.50. The van der Waals surface area contributed by atoms with Crippen molar-refractivity contribution in [2.75, 3.05) is 12.3 Å². The summed E-state index contributed by atoms with van der Waals surface area (Å²) in [7, 11) is -3.50. The van der Waals surface area contributed by atoms with Crippen LogP contribution < -0.4 is 10.5 Å². The molecule has 1 aliphatic carbocycles. The fraction of sp³-hybridized carbons (Fsp3) is 0.538. The zero-order chi connectivity index (χ0) is 14.1. The molecule has 0 bridgehead atoms. The summed E-state index contributed by atoms with van der Waals surface area (Å²) < 4.78 is 27.0. The molecule has 0 spiro atoms. The van der Waals surface area contributed by atoms with E-state index < -0.39 is 10.0 Å². The van der Waals surface area contributed by atoms with Gasteiger partial charge in [-0.2, -0.15) is 0 Å². The molecule has 0 amide bonds. The van der Waals surface area contributed by atoms with Crippen LogP contribution in [0.4, 0.5) is 5.69 Å². The van der Waals surface area contributed by atoms with E-state index in [1.54, 1.807) is 0 Å². The molecule has 1 aromatic rings. The fourth-order valence-electron chi connectivity index (χ4n) is 2.24. The van der Waals surface area contributed by atoms with Gasteiger partial charge < -0.3 is 5.73 Å². The maximum absolute atomic E-state index is 12.2. The van der Waals surface area contributed by atoms with Crippen LogP contribution in [-0.2, 0) is 10.0 Å². The van der Waals surface area contributed by atoms with Gasteiger partial charge in [-0.15, -0.1) is 0 Å². The summed E-state index contributed by atoms with van der Waals surface area (Å²) in [6.45, 7) is 2.63. The van der Waals surface area contributed by atoms with Crippen LogP contribution in [0.5, 0.6) is 0 Å². The van der Waals surface area contributed by atoms with E-state index in [0.717, 1.165) is 25.7 Å². The number of nitrogens with one attached hydrogen (secondary N) is 1. The molecule has 0 aromatic heterocycles. The predicted octanol–water partition coefficient (Wildman–Crippen LogP) is 2.78. The smallest absolute Gasteiger partial charge is 0.240 e. The Hall–Kier alpha value is -0.780. The Kier molecular flexibility index (Phi) is 4.08. The van der Waals surface area contributed by atoms with E-state index >= 15 is 0 Å². The number of sulfonamides is 1. The standard InChI is InChI=1S/C13H19ClN2O2S/c1-2-5-13(6-7-13)9-16-19(17,18)10-3-4-11(14)12(15)8-10/h3-4,8,16H,2,5-7,9,15H2,1H3. The number of rotatable bonds is 6. The van der Waals surface area contributed by atoms with Crippen molar-refractivity contribution in [1.82, 2.24) is 4.72 Å². The number of hydrogen-bond donors (Lipinski definition) is 2. The highest BCUT2D eigenvalue weighted by atomic mass is 35.5. The number of anilines is 1. The van der Waals surface area contributed by atoms with E-state index in [9.17, 15) is 8.42 Å². The van der Waals surface area contributed by atoms with E-state index in [1.165, 1.54) is 18.2 Å². The monoisotopic (exact) mass is 302 g/mol. The zero-order valence-electron chi connectivity index (χ0n) is 10.9. The fourth-order valence-corrected chi connectivity index (χ4v) is 3.55. The van der Waals surface area contributed by atoms with Crippen LogP contribution in [0.1, 0.15) is 32.6 Å². The molecule has 1 fully saturated rings. The number of nitrogens with two attached hydrogens (primary N) is 1. The van der Waals surface area contributed by atoms with Crippen molar-refractivity contribution < 1.29 is 8.42 Å². The van der Waals surface area contributed by atoms with Gasteiger partial charge in [0.2, 0.25) is 10.0 Å². The Bertz CT molecular complexity index is 568. The number of hydrogen-bond acceptors (Lipinski definition) is 3. The molecule has 0 unspecified atom stereocenters. The summed E-state index contributed by atoms with van der Waals surface area (Å²) in [4.78, 5) is 0.168. The Morgan fingerprint density at radius 3 is 2.63 bits per heavy atom. The second-order valence-electron chi connectivity index (χ2n) is 5.26. The number of benzene rings is 1. The molecule has 0 heterocycles. The lowest BCUT2D eigenvalue weighted by molar-refractivity contribution is 0.449. The van der Waals surface area contributed by atoms with Crippen LogP contribution in [0.3, 0.4) is 0 Å².